The van der Waals surface area contributed by atoms with Crippen LogP contribution in [0.1, 0.15) is 37.6 Å². The van der Waals surface area contributed by atoms with Crippen molar-refractivity contribution >= 4 is 11.8 Å². The maximum atomic E-state index is 4.11. The zero-order valence-electron chi connectivity index (χ0n) is 12.3. The van der Waals surface area contributed by atoms with Gasteiger partial charge in [0.2, 0.25) is 0 Å². The summed E-state index contributed by atoms with van der Waals surface area (Å²) in [6.07, 6.45) is 3.12. The maximum absolute atomic E-state index is 4.11. The molecule has 108 valence electrons. The summed E-state index contributed by atoms with van der Waals surface area (Å²) in [6.45, 7) is 5.45. The highest BCUT2D eigenvalue weighted by molar-refractivity contribution is 7.98. The van der Waals surface area contributed by atoms with Crippen LogP contribution in [0.4, 0.5) is 0 Å². The number of hydrogen-bond donors (Lipinski definition) is 1. The van der Waals surface area contributed by atoms with Crippen LogP contribution in [0.3, 0.4) is 0 Å². The lowest BCUT2D eigenvalue weighted by molar-refractivity contribution is 0.570. The molecule has 5 heteroatoms. The summed E-state index contributed by atoms with van der Waals surface area (Å²) in [4.78, 5) is 1.28. The molecule has 1 heterocycles. The van der Waals surface area contributed by atoms with Crippen LogP contribution in [0.15, 0.2) is 35.4 Å². The number of benzene rings is 1. The van der Waals surface area contributed by atoms with E-state index in [4.69, 9.17) is 0 Å². The van der Waals surface area contributed by atoms with E-state index >= 15 is 0 Å². The topological polar surface area (TPSA) is 42.7 Å². The Bertz CT molecular complexity index is 538. The molecule has 20 heavy (non-hydrogen) atoms. The molecule has 0 radical (unpaired) electrons. The second kappa shape index (κ2) is 7.45. The molecule has 1 atom stereocenters. The molecule has 0 aliphatic rings. The average Bonchev–Trinajstić information content (AvgIpc) is 2.88. The SMILES string of the molecule is CCCNC(C)c1cccc(SCc2cn(C)nn2)c1. The Hall–Kier alpha value is -1.33. The van der Waals surface area contributed by atoms with Crippen molar-refractivity contribution < 1.29 is 0 Å². The summed E-state index contributed by atoms with van der Waals surface area (Å²) in [5, 5.41) is 11.6. The molecule has 2 rings (SSSR count). The first kappa shape index (κ1) is 15.1. The first-order valence-electron chi connectivity index (χ1n) is 7.00. The van der Waals surface area contributed by atoms with E-state index in [1.54, 1.807) is 16.4 Å². The van der Waals surface area contributed by atoms with E-state index in [2.05, 4.69) is 53.7 Å². The third-order valence-electron chi connectivity index (χ3n) is 3.10. The number of aromatic nitrogens is 3. The Kier molecular flexibility index (Phi) is 5.61. The number of rotatable bonds is 7. The Labute approximate surface area is 125 Å². The molecule has 0 aliphatic heterocycles. The quantitative estimate of drug-likeness (QED) is 0.795. The maximum Gasteiger partial charge on any atom is 0.0929 e. The summed E-state index contributed by atoms with van der Waals surface area (Å²) in [5.74, 6) is 0.855. The van der Waals surface area contributed by atoms with Crippen molar-refractivity contribution in [3.63, 3.8) is 0 Å². The smallest absolute Gasteiger partial charge is 0.0929 e. The molecule has 0 aliphatic carbocycles. The van der Waals surface area contributed by atoms with Crippen LogP contribution in [-0.4, -0.2) is 21.5 Å². The standard InChI is InChI=1S/C15H22N4S/c1-4-8-16-12(2)13-6-5-7-15(9-13)20-11-14-10-19(3)18-17-14/h5-7,9-10,12,16H,4,8,11H2,1-3H3. The predicted octanol–water partition coefficient (Wildman–Crippen LogP) is 3.17. The van der Waals surface area contributed by atoms with Crippen molar-refractivity contribution in [1.82, 2.24) is 20.3 Å². The number of hydrogen-bond acceptors (Lipinski definition) is 4. The first-order valence-corrected chi connectivity index (χ1v) is 7.99. The highest BCUT2D eigenvalue weighted by Gasteiger charge is 2.06. The first-order chi connectivity index (χ1) is 9.69. The third-order valence-corrected chi connectivity index (χ3v) is 4.12. The zero-order chi connectivity index (χ0) is 14.4. The van der Waals surface area contributed by atoms with Gasteiger partial charge in [0, 0.05) is 29.9 Å². The van der Waals surface area contributed by atoms with E-state index in [0.717, 1.165) is 24.4 Å². The van der Waals surface area contributed by atoms with Crippen LogP contribution < -0.4 is 5.32 Å². The van der Waals surface area contributed by atoms with E-state index in [1.165, 1.54) is 10.5 Å². The van der Waals surface area contributed by atoms with Gasteiger partial charge in [0.15, 0.2) is 0 Å². The fourth-order valence-corrected chi connectivity index (χ4v) is 2.81. The van der Waals surface area contributed by atoms with Crippen molar-refractivity contribution in [1.29, 1.82) is 0 Å². The van der Waals surface area contributed by atoms with Gasteiger partial charge in [0.1, 0.15) is 0 Å². The van der Waals surface area contributed by atoms with E-state index in [1.807, 2.05) is 13.2 Å². The molecular formula is C15H22N4S. The Morgan fingerprint density at radius 3 is 2.95 bits per heavy atom. The normalized spacial score (nSPS) is 12.6. The van der Waals surface area contributed by atoms with Crippen molar-refractivity contribution in [3.05, 3.63) is 41.7 Å². The van der Waals surface area contributed by atoms with Gasteiger partial charge in [-0.2, -0.15) is 0 Å². The summed E-state index contributed by atoms with van der Waals surface area (Å²) in [5.41, 5.74) is 2.35. The molecule has 0 spiro atoms. The zero-order valence-corrected chi connectivity index (χ0v) is 13.2. The van der Waals surface area contributed by atoms with Crippen LogP contribution in [-0.2, 0) is 12.8 Å². The molecular weight excluding hydrogens is 268 g/mol. The van der Waals surface area contributed by atoms with Gasteiger partial charge in [-0.15, -0.1) is 16.9 Å². The van der Waals surface area contributed by atoms with Gasteiger partial charge >= 0.3 is 0 Å². The minimum atomic E-state index is 0.395. The van der Waals surface area contributed by atoms with Gasteiger partial charge < -0.3 is 5.32 Å². The molecule has 1 N–H and O–H groups in total. The average molecular weight is 290 g/mol. The molecule has 0 saturated carbocycles. The van der Waals surface area contributed by atoms with Gasteiger partial charge in [-0.25, -0.2) is 0 Å². The molecule has 1 unspecified atom stereocenters. The second-order valence-electron chi connectivity index (χ2n) is 4.92. The van der Waals surface area contributed by atoms with Crippen molar-refractivity contribution in [3.8, 4) is 0 Å². The van der Waals surface area contributed by atoms with E-state index < -0.39 is 0 Å². The van der Waals surface area contributed by atoms with Gasteiger partial charge in [-0.05, 0) is 37.6 Å². The summed E-state index contributed by atoms with van der Waals surface area (Å²) in [6, 6.07) is 9.11. The Morgan fingerprint density at radius 2 is 2.25 bits per heavy atom. The van der Waals surface area contributed by atoms with E-state index in [-0.39, 0.29) is 0 Å². The predicted molar refractivity (Wildman–Crippen MR) is 83.7 cm³/mol. The Morgan fingerprint density at radius 1 is 1.40 bits per heavy atom. The van der Waals surface area contributed by atoms with Crippen molar-refractivity contribution in [2.24, 2.45) is 7.05 Å². The van der Waals surface area contributed by atoms with Gasteiger partial charge in [-0.1, -0.05) is 24.3 Å². The fraction of sp³-hybridized carbons (Fsp3) is 0.467. The lowest BCUT2D eigenvalue weighted by atomic mass is 10.1. The summed E-state index contributed by atoms with van der Waals surface area (Å²) >= 11 is 1.80. The molecule has 1 aromatic heterocycles. The number of nitrogens with zero attached hydrogens (tertiary/aromatic N) is 3. The minimum Gasteiger partial charge on any atom is -0.310 e. The highest BCUT2D eigenvalue weighted by Crippen LogP contribution is 2.24. The van der Waals surface area contributed by atoms with E-state index in [0.29, 0.717) is 6.04 Å². The summed E-state index contributed by atoms with van der Waals surface area (Å²) in [7, 11) is 1.89. The number of nitrogens with one attached hydrogen (secondary N) is 1. The molecule has 4 nitrogen and oxygen atoms in total. The molecule has 0 saturated heterocycles. The summed E-state index contributed by atoms with van der Waals surface area (Å²) < 4.78 is 1.74. The number of aryl methyl sites for hydroxylation is 1. The third kappa shape index (κ3) is 4.35. The molecule has 1 aromatic carbocycles. The van der Waals surface area contributed by atoms with Crippen LogP contribution >= 0.6 is 11.8 Å². The van der Waals surface area contributed by atoms with Gasteiger partial charge in [0.25, 0.3) is 0 Å². The molecule has 2 aromatic rings. The van der Waals surface area contributed by atoms with Crippen LogP contribution in [0.25, 0.3) is 0 Å². The van der Waals surface area contributed by atoms with Crippen LogP contribution in [0, 0.1) is 0 Å². The number of thioether (sulfide) groups is 1. The van der Waals surface area contributed by atoms with Crippen molar-refractivity contribution in [2.45, 2.75) is 37.0 Å². The highest BCUT2D eigenvalue weighted by atomic mass is 32.2. The van der Waals surface area contributed by atoms with Gasteiger partial charge in [-0.3, -0.25) is 4.68 Å². The van der Waals surface area contributed by atoms with Gasteiger partial charge in [0.05, 0.1) is 5.69 Å². The fourth-order valence-electron chi connectivity index (χ4n) is 1.97. The lowest BCUT2D eigenvalue weighted by Crippen LogP contribution is -2.19. The van der Waals surface area contributed by atoms with Crippen molar-refractivity contribution in [2.75, 3.05) is 6.54 Å². The molecule has 0 amide bonds. The van der Waals surface area contributed by atoms with Crippen LogP contribution in [0.2, 0.25) is 0 Å². The molecule has 0 bridgehead atoms. The monoisotopic (exact) mass is 290 g/mol. The second-order valence-corrected chi connectivity index (χ2v) is 5.97. The largest absolute Gasteiger partial charge is 0.310 e. The lowest BCUT2D eigenvalue weighted by Gasteiger charge is -2.14. The minimum absolute atomic E-state index is 0.395. The Balaban J connectivity index is 1.95. The molecule has 0 fully saturated rings. The van der Waals surface area contributed by atoms with E-state index in [9.17, 15) is 0 Å². The van der Waals surface area contributed by atoms with Crippen LogP contribution in [0.5, 0.6) is 0 Å².